The Labute approximate surface area is 191 Å². The summed E-state index contributed by atoms with van der Waals surface area (Å²) in [6, 6.07) is 10.7. The van der Waals surface area contributed by atoms with Crippen molar-refractivity contribution in [2.75, 3.05) is 31.4 Å². The Morgan fingerprint density at radius 2 is 1.97 bits per heavy atom. The highest BCUT2D eigenvalue weighted by molar-refractivity contribution is 6.03. The number of anilines is 3. The summed E-state index contributed by atoms with van der Waals surface area (Å²) < 4.78 is 10.6. The molecule has 0 fully saturated rings. The molecule has 9 heteroatoms. The van der Waals surface area contributed by atoms with Crippen molar-refractivity contribution in [1.29, 1.82) is 0 Å². The first-order valence-corrected chi connectivity index (χ1v) is 10.5. The largest absolute Gasteiger partial charge is 0.493 e. The van der Waals surface area contributed by atoms with Gasteiger partial charge in [-0.15, -0.1) is 0 Å². The van der Waals surface area contributed by atoms with E-state index in [4.69, 9.17) is 15.2 Å². The topological polar surface area (TPSA) is 128 Å². The van der Waals surface area contributed by atoms with Crippen molar-refractivity contribution in [2.45, 2.75) is 19.3 Å². The van der Waals surface area contributed by atoms with Gasteiger partial charge in [-0.2, -0.15) is 0 Å². The number of nitrogens with two attached hydrogens (primary N) is 1. The van der Waals surface area contributed by atoms with E-state index in [0.29, 0.717) is 59.3 Å². The normalized spacial score (nSPS) is 12.2. The summed E-state index contributed by atoms with van der Waals surface area (Å²) in [5.41, 5.74) is 9.37. The number of aromatic nitrogens is 2. The van der Waals surface area contributed by atoms with E-state index in [0.717, 1.165) is 11.3 Å². The van der Waals surface area contributed by atoms with Gasteiger partial charge in [0.15, 0.2) is 17.3 Å². The Kier molecular flexibility index (Phi) is 6.50. The Morgan fingerprint density at radius 3 is 2.73 bits per heavy atom. The zero-order valence-electron chi connectivity index (χ0n) is 18.5. The number of Topliss-reactive ketones (excluding diaryl/α,β-unsaturated/α-hetero) is 1. The Morgan fingerprint density at radius 1 is 1.15 bits per heavy atom. The van der Waals surface area contributed by atoms with Gasteiger partial charge in [-0.1, -0.05) is 6.07 Å². The van der Waals surface area contributed by atoms with Crippen LogP contribution in [-0.2, 0) is 11.2 Å². The maximum absolute atomic E-state index is 12.5. The van der Waals surface area contributed by atoms with Crippen LogP contribution in [0.1, 0.15) is 28.8 Å². The van der Waals surface area contributed by atoms with Crippen LogP contribution in [-0.4, -0.2) is 42.4 Å². The molecule has 2 heterocycles. The summed E-state index contributed by atoms with van der Waals surface area (Å²) in [5.74, 6) is 1.35. The summed E-state index contributed by atoms with van der Waals surface area (Å²) >= 11 is 0. The number of nitrogens with zero attached hydrogens (tertiary/aromatic N) is 2. The Hall–Kier alpha value is -3.98. The molecule has 1 aliphatic heterocycles. The molecular weight excluding hydrogens is 422 g/mol. The van der Waals surface area contributed by atoms with Gasteiger partial charge in [-0.25, -0.2) is 9.97 Å². The number of amides is 1. The molecule has 4 rings (SSSR count). The number of carbonyl (C=O) groups is 2. The molecule has 9 nitrogen and oxygen atoms in total. The third-order valence-electron chi connectivity index (χ3n) is 5.33. The first kappa shape index (κ1) is 22.2. The van der Waals surface area contributed by atoms with E-state index in [-0.39, 0.29) is 18.1 Å². The predicted molar refractivity (Wildman–Crippen MR) is 125 cm³/mol. The number of fused-ring (bicyclic) bond motifs is 3. The van der Waals surface area contributed by atoms with Crippen LogP contribution >= 0.6 is 0 Å². The van der Waals surface area contributed by atoms with Crippen molar-refractivity contribution in [2.24, 2.45) is 5.73 Å². The maximum Gasteiger partial charge on any atom is 0.228 e. The van der Waals surface area contributed by atoms with Gasteiger partial charge < -0.3 is 25.8 Å². The number of rotatable bonds is 8. The van der Waals surface area contributed by atoms with E-state index in [2.05, 4.69) is 20.6 Å². The van der Waals surface area contributed by atoms with Gasteiger partial charge in [0.25, 0.3) is 0 Å². The molecule has 1 aromatic heterocycles. The van der Waals surface area contributed by atoms with Gasteiger partial charge in [0.2, 0.25) is 11.9 Å². The molecule has 0 unspecified atom stereocenters. The van der Waals surface area contributed by atoms with Crippen molar-refractivity contribution in [3.8, 4) is 22.8 Å². The fourth-order valence-electron chi connectivity index (χ4n) is 3.67. The number of hydrogen-bond donors (Lipinski definition) is 3. The van der Waals surface area contributed by atoms with Gasteiger partial charge in [-0.05, 0) is 37.2 Å². The predicted octanol–water partition coefficient (Wildman–Crippen LogP) is 3.32. The highest BCUT2D eigenvalue weighted by Crippen LogP contribution is 2.35. The van der Waals surface area contributed by atoms with Crippen molar-refractivity contribution < 1.29 is 19.1 Å². The van der Waals surface area contributed by atoms with Gasteiger partial charge in [0.05, 0.1) is 32.0 Å². The van der Waals surface area contributed by atoms with E-state index in [9.17, 15) is 9.59 Å². The molecule has 4 N–H and O–H groups in total. The van der Waals surface area contributed by atoms with E-state index >= 15 is 0 Å². The molecule has 170 valence electrons. The van der Waals surface area contributed by atoms with Crippen LogP contribution in [0.15, 0.2) is 42.6 Å². The molecule has 0 aliphatic carbocycles. The molecule has 1 aliphatic rings. The lowest BCUT2D eigenvalue weighted by Gasteiger charge is -2.13. The summed E-state index contributed by atoms with van der Waals surface area (Å²) in [6.45, 7) is 0.452. The molecular formula is C24H25N5O4. The second kappa shape index (κ2) is 9.66. The van der Waals surface area contributed by atoms with E-state index < -0.39 is 0 Å². The van der Waals surface area contributed by atoms with Crippen LogP contribution < -0.4 is 25.8 Å². The highest BCUT2D eigenvalue weighted by atomic mass is 16.5. The highest BCUT2D eigenvalue weighted by Gasteiger charge is 2.22. The zero-order chi connectivity index (χ0) is 23.4. The minimum atomic E-state index is -0.189. The van der Waals surface area contributed by atoms with Crippen molar-refractivity contribution >= 4 is 29.0 Å². The van der Waals surface area contributed by atoms with Gasteiger partial charge >= 0.3 is 0 Å². The van der Waals surface area contributed by atoms with Crippen molar-refractivity contribution in [3.63, 3.8) is 0 Å². The number of carbonyl (C=O) groups excluding carboxylic acids is 2. The number of benzene rings is 2. The maximum atomic E-state index is 12.5. The summed E-state index contributed by atoms with van der Waals surface area (Å²) in [4.78, 5) is 33.9. The van der Waals surface area contributed by atoms with Crippen LogP contribution in [0, 0.1) is 0 Å². The fraction of sp³-hybridized carbons (Fsp3) is 0.250. The summed E-state index contributed by atoms with van der Waals surface area (Å²) in [6.07, 6.45) is 2.75. The quantitative estimate of drug-likeness (QED) is 0.449. The Balaban J connectivity index is 1.68. The lowest BCUT2D eigenvalue weighted by molar-refractivity contribution is -0.115. The molecule has 0 saturated heterocycles. The minimum absolute atomic E-state index is 0.0135. The number of methoxy groups -OCH3 is 2. The van der Waals surface area contributed by atoms with Crippen LogP contribution in [0.5, 0.6) is 11.5 Å². The first-order valence-electron chi connectivity index (χ1n) is 10.5. The Bertz CT molecular complexity index is 1210. The lowest BCUT2D eigenvalue weighted by Crippen LogP contribution is -2.13. The van der Waals surface area contributed by atoms with E-state index in [1.165, 1.54) is 0 Å². The second-order valence-electron chi connectivity index (χ2n) is 7.56. The summed E-state index contributed by atoms with van der Waals surface area (Å²) in [7, 11) is 3.14. The monoisotopic (exact) mass is 447 g/mol. The number of hydrogen-bond acceptors (Lipinski definition) is 8. The minimum Gasteiger partial charge on any atom is -0.493 e. The molecule has 1 amide bonds. The van der Waals surface area contributed by atoms with Gasteiger partial charge in [0.1, 0.15) is 0 Å². The molecule has 33 heavy (non-hydrogen) atoms. The third-order valence-corrected chi connectivity index (χ3v) is 5.33. The molecule has 0 radical (unpaired) electrons. The van der Waals surface area contributed by atoms with Crippen LogP contribution in [0.25, 0.3) is 11.3 Å². The molecule has 0 bridgehead atoms. The molecule has 0 atom stereocenters. The van der Waals surface area contributed by atoms with Gasteiger partial charge in [0, 0.05) is 41.1 Å². The molecule has 0 saturated carbocycles. The number of nitrogens with one attached hydrogen (secondary N) is 2. The van der Waals surface area contributed by atoms with Crippen LogP contribution in [0.2, 0.25) is 0 Å². The van der Waals surface area contributed by atoms with Crippen molar-refractivity contribution in [1.82, 2.24) is 9.97 Å². The number of ketones is 1. The summed E-state index contributed by atoms with van der Waals surface area (Å²) in [5, 5.41) is 6.05. The molecule has 0 spiro atoms. The number of ether oxygens (including phenoxy) is 2. The molecule has 2 aromatic carbocycles. The van der Waals surface area contributed by atoms with Crippen molar-refractivity contribution in [3.05, 3.63) is 53.7 Å². The SMILES string of the molecule is COc1ccc(Nc2ncc3c(n2)-c2ccc(C(=O)CCCN)cc2NC(=O)C3)cc1OC. The zero-order valence-corrected chi connectivity index (χ0v) is 18.5. The van der Waals surface area contributed by atoms with Crippen LogP contribution in [0.3, 0.4) is 0 Å². The second-order valence-corrected chi connectivity index (χ2v) is 7.56. The first-order chi connectivity index (χ1) is 16.0. The standard InChI is InChI=1S/C24H25N5O4/c1-32-20-8-6-16(12-21(20)33-2)27-24-26-13-15-11-22(31)28-18-10-14(19(30)4-3-9-25)5-7-17(18)23(15)29-24/h5-8,10,12-13H,3-4,9,11,25H2,1-2H3,(H,28,31)(H,26,27,29). The average molecular weight is 447 g/mol. The van der Waals surface area contributed by atoms with Crippen LogP contribution in [0.4, 0.5) is 17.3 Å². The smallest absolute Gasteiger partial charge is 0.228 e. The fourth-order valence-corrected chi connectivity index (χ4v) is 3.67. The van der Waals surface area contributed by atoms with E-state index in [1.807, 2.05) is 12.1 Å². The molecule has 3 aromatic rings. The average Bonchev–Trinajstić information content (AvgIpc) is 2.96. The lowest BCUT2D eigenvalue weighted by atomic mass is 10.00. The third kappa shape index (κ3) is 4.78. The van der Waals surface area contributed by atoms with Gasteiger partial charge in [-0.3, -0.25) is 9.59 Å². The van der Waals surface area contributed by atoms with E-state index in [1.54, 1.807) is 44.7 Å².